The van der Waals surface area contributed by atoms with E-state index < -0.39 is 0 Å². The van der Waals surface area contributed by atoms with Gasteiger partial charge in [-0.3, -0.25) is 4.79 Å². The summed E-state index contributed by atoms with van der Waals surface area (Å²) >= 11 is 0. The molecule has 1 amide bonds. The summed E-state index contributed by atoms with van der Waals surface area (Å²) in [5.41, 5.74) is 2.69. The molecule has 2 rings (SSSR count). The van der Waals surface area contributed by atoms with Gasteiger partial charge in [-0.05, 0) is 36.4 Å². The molecule has 0 aliphatic carbocycles. The zero-order valence-corrected chi connectivity index (χ0v) is 11.3. The monoisotopic (exact) mass is 276 g/mol. The van der Waals surface area contributed by atoms with Gasteiger partial charge in [0.1, 0.15) is 12.1 Å². The smallest absolute Gasteiger partial charge is 0.221 e. The van der Waals surface area contributed by atoms with Gasteiger partial charge in [0.2, 0.25) is 5.91 Å². The molecule has 0 aromatic heterocycles. The minimum Gasteiger partial charge on any atom is -0.353 e. The maximum absolute atomic E-state index is 11.0. The zero-order chi connectivity index (χ0) is 15.2. The first-order chi connectivity index (χ1) is 10.1. The number of amides is 1. The molecule has 5 nitrogen and oxygen atoms in total. The minimum atomic E-state index is -0.141. The largest absolute Gasteiger partial charge is 0.353 e. The van der Waals surface area contributed by atoms with E-state index in [4.69, 9.17) is 10.5 Å². The Labute approximate surface area is 122 Å². The van der Waals surface area contributed by atoms with Crippen LogP contribution in [0.4, 0.5) is 17.1 Å². The van der Waals surface area contributed by atoms with Crippen molar-refractivity contribution < 1.29 is 4.79 Å². The van der Waals surface area contributed by atoms with E-state index in [9.17, 15) is 4.79 Å². The van der Waals surface area contributed by atoms with Crippen molar-refractivity contribution in [3.8, 4) is 12.1 Å². The molecule has 0 spiro atoms. The molecule has 102 valence electrons. The Morgan fingerprint density at radius 1 is 0.952 bits per heavy atom. The average Bonchev–Trinajstić information content (AvgIpc) is 2.49. The van der Waals surface area contributed by atoms with Crippen LogP contribution in [0.3, 0.4) is 0 Å². The highest BCUT2D eigenvalue weighted by Gasteiger charge is 2.08. The van der Waals surface area contributed by atoms with Gasteiger partial charge < -0.3 is 10.6 Å². The van der Waals surface area contributed by atoms with E-state index in [0.717, 1.165) is 5.69 Å². The molecular formula is C16H12N4O. The number of rotatable bonds is 3. The van der Waals surface area contributed by atoms with Gasteiger partial charge in [0.25, 0.3) is 0 Å². The minimum absolute atomic E-state index is 0.141. The second-order valence-electron chi connectivity index (χ2n) is 4.34. The summed E-state index contributed by atoms with van der Waals surface area (Å²) < 4.78 is 0. The number of anilines is 3. The fraction of sp³-hybridized carbons (Fsp3) is 0.0625. The van der Waals surface area contributed by atoms with E-state index >= 15 is 0 Å². The molecule has 0 atom stereocenters. The van der Waals surface area contributed by atoms with Crippen molar-refractivity contribution in [2.75, 3.05) is 10.6 Å². The third-order valence-electron chi connectivity index (χ3n) is 2.78. The fourth-order valence-electron chi connectivity index (χ4n) is 1.86. The van der Waals surface area contributed by atoms with Crippen LogP contribution in [0, 0.1) is 22.7 Å². The lowest BCUT2D eigenvalue weighted by Gasteiger charge is -2.10. The normalized spacial score (nSPS) is 9.29. The number of hydrogen-bond donors (Lipinski definition) is 2. The molecule has 0 saturated heterocycles. The van der Waals surface area contributed by atoms with Crippen LogP contribution in [0.2, 0.25) is 0 Å². The number of carbonyl (C=O) groups excluding carboxylic acids is 1. The molecule has 0 fully saturated rings. The molecule has 0 radical (unpaired) electrons. The highest BCUT2D eigenvalue weighted by molar-refractivity contribution is 5.89. The van der Waals surface area contributed by atoms with Gasteiger partial charge in [0, 0.05) is 18.3 Å². The number of nitrogens with one attached hydrogen (secondary N) is 2. The van der Waals surface area contributed by atoms with Crippen molar-refractivity contribution >= 4 is 23.0 Å². The molecule has 0 bridgehead atoms. The Hall–Kier alpha value is -3.31. The quantitative estimate of drug-likeness (QED) is 0.901. The van der Waals surface area contributed by atoms with Crippen molar-refractivity contribution in [1.82, 2.24) is 0 Å². The van der Waals surface area contributed by atoms with Gasteiger partial charge in [-0.1, -0.05) is 6.07 Å². The molecule has 0 unspecified atom stereocenters. The van der Waals surface area contributed by atoms with Crippen molar-refractivity contribution in [2.24, 2.45) is 0 Å². The number of carbonyl (C=O) groups is 1. The number of para-hydroxylation sites is 1. The molecule has 0 heterocycles. The van der Waals surface area contributed by atoms with E-state index in [1.54, 1.807) is 42.5 Å². The second-order valence-corrected chi connectivity index (χ2v) is 4.34. The topological polar surface area (TPSA) is 88.7 Å². The zero-order valence-electron chi connectivity index (χ0n) is 11.3. The Morgan fingerprint density at radius 3 is 1.95 bits per heavy atom. The van der Waals surface area contributed by atoms with Crippen LogP contribution >= 0.6 is 0 Å². The second kappa shape index (κ2) is 6.23. The summed E-state index contributed by atoms with van der Waals surface area (Å²) in [4.78, 5) is 11.0. The Kier molecular flexibility index (Phi) is 4.18. The molecule has 0 aliphatic rings. The first-order valence-corrected chi connectivity index (χ1v) is 6.22. The molecule has 2 N–H and O–H groups in total. The SMILES string of the molecule is CC(=O)Nc1ccc(Nc2c(C#N)cccc2C#N)cc1. The molecule has 21 heavy (non-hydrogen) atoms. The van der Waals surface area contributed by atoms with Gasteiger partial charge in [-0.15, -0.1) is 0 Å². The van der Waals surface area contributed by atoms with Gasteiger partial charge in [0.05, 0.1) is 16.8 Å². The Bertz CT molecular complexity index is 719. The van der Waals surface area contributed by atoms with Crippen molar-refractivity contribution in [3.05, 3.63) is 53.6 Å². The van der Waals surface area contributed by atoms with E-state index in [1.165, 1.54) is 6.92 Å². The third-order valence-corrected chi connectivity index (χ3v) is 2.78. The number of benzene rings is 2. The third kappa shape index (κ3) is 3.37. The summed E-state index contributed by atoms with van der Waals surface area (Å²) in [6, 6.07) is 16.1. The molecule has 0 aliphatic heterocycles. The van der Waals surface area contributed by atoms with Crippen LogP contribution in [0.1, 0.15) is 18.1 Å². The molecule has 0 saturated carbocycles. The van der Waals surface area contributed by atoms with Crippen molar-refractivity contribution in [2.45, 2.75) is 6.92 Å². The Balaban J connectivity index is 2.29. The van der Waals surface area contributed by atoms with E-state index in [-0.39, 0.29) is 5.91 Å². The maximum Gasteiger partial charge on any atom is 0.221 e. The van der Waals surface area contributed by atoms with E-state index in [1.807, 2.05) is 0 Å². The standard InChI is InChI=1S/C16H12N4O/c1-11(21)19-14-5-7-15(8-6-14)20-16-12(9-17)3-2-4-13(16)10-18/h2-8,20H,1H3,(H,19,21). The number of nitrogens with zero attached hydrogens (tertiary/aromatic N) is 2. The summed E-state index contributed by atoms with van der Waals surface area (Å²) in [7, 11) is 0. The predicted octanol–water partition coefficient (Wildman–Crippen LogP) is 3.13. The van der Waals surface area contributed by atoms with Crippen LogP contribution < -0.4 is 10.6 Å². The lowest BCUT2D eigenvalue weighted by molar-refractivity contribution is -0.114. The lowest BCUT2D eigenvalue weighted by atomic mass is 10.1. The first-order valence-electron chi connectivity index (χ1n) is 6.22. The molecule has 2 aromatic carbocycles. The van der Waals surface area contributed by atoms with E-state index in [2.05, 4.69) is 22.8 Å². The number of hydrogen-bond acceptors (Lipinski definition) is 4. The van der Waals surface area contributed by atoms with Crippen LogP contribution in [0.25, 0.3) is 0 Å². The summed E-state index contributed by atoms with van der Waals surface area (Å²) in [6.07, 6.45) is 0. The predicted molar refractivity (Wildman–Crippen MR) is 79.9 cm³/mol. The summed E-state index contributed by atoms with van der Waals surface area (Å²) in [5, 5.41) is 24.0. The van der Waals surface area contributed by atoms with Crippen LogP contribution in [0.5, 0.6) is 0 Å². The lowest BCUT2D eigenvalue weighted by Crippen LogP contribution is -2.05. The highest BCUT2D eigenvalue weighted by Crippen LogP contribution is 2.25. The van der Waals surface area contributed by atoms with Gasteiger partial charge in [-0.25, -0.2) is 0 Å². The number of nitriles is 2. The summed E-state index contributed by atoms with van der Waals surface area (Å²) in [5.74, 6) is -0.141. The average molecular weight is 276 g/mol. The van der Waals surface area contributed by atoms with Crippen LogP contribution in [0.15, 0.2) is 42.5 Å². The fourth-order valence-corrected chi connectivity index (χ4v) is 1.86. The van der Waals surface area contributed by atoms with Crippen LogP contribution in [-0.2, 0) is 4.79 Å². The van der Waals surface area contributed by atoms with Gasteiger partial charge in [0.15, 0.2) is 0 Å². The first kappa shape index (κ1) is 14.1. The summed E-state index contributed by atoms with van der Waals surface area (Å²) in [6.45, 7) is 1.44. The molecule has 5 heteroatoms. The molecular weight excluding hydrogens is 264 g/mol. The van der Waals surface area contributed by atoms with Gasteiger partial charge in [-0.2, -0.15) is 10.5 Å². The van der Waals surface area contributed by atoms with E-state index in [0.29, 0.717) is 22.5 Å². The van der Waals surface area contributed by atoms with Gasteiger partial charge >= 0.3 is 0 Å². The highest BCUT2D eigenvalue weighted by atomic mass is 16.1. The van der Waals surface area contributed by atoms with Crippen molar-refractivity contribution in [1.29, 1.82) is 10.5 Å². The maximum atomic E-state index is 11.0. The molecule has 2 aromatic rings. The van der Waals surface area contributed by atoms with Crippen molar-refractivity contribution in [3.63, 3.8) is 0 Å². The van der Waals surface area contributed by atoms with Crippen LogP contribution in [-0.4, -0.2) is 5.91 Å². The Morgan fingerprint density at radius 2 is 1.48 bits per heavy atom.